The molecule has 25 heavy (non-hydrogen) atoms. The van der Waals surface area contributed by atoms with E-state index in [1.165, 1.54) is 12.1 Å². The number of hydrogen-bond donors (Lipinski definition) is 0. The van der Waals surface area contributed by atoms with Crippen molar-refractivity contribution in [3.05, 3.63) is 41.5 Å². The molecule has 0 aliphatic rings. The summed E-state index contributed by atoms with van der Waals surface area (Å²) in [5, 5.41) is -0.442. The van der Waals surface area contributed by atoms with Gasteiger partial charge in [-0.05, 0) is 0 Å². The van der Waals surface area contributed by atoms with Gasteiger partial charge in [0.25, 0.3) is 0 Å². The van der Waals surface area contributed by atoms with Crippen LogP contribution < -0.4 is 5.19 Å². The van der Waals surface area contributed by atoms with Crippen molar-refractivity contribution in [2.45, 2.75) is 78.9 Å². The molecule has 0 bridgehead atoms. The summed E-state index contributed by atoms with van der Waals surface area (Å²) in [5.41, 5.74) is 20.1. The number of halogens is 3. The Balaban J connectivity index is -0.000000122. The molecule has 0 saturated heterocycles. The van der Waals surface area contributed by atoms with Crippen LogP contribution in [0.2, 0.25) is 0 Å². The van der Waals surface area contributed by atoms with Gasteiger partial charge in [-0.2, -0.15) is 12.1 Å². The normalized spacial score (nSPS) is 11.5. The van der Waals surface area contributed by atoms with E-state index < -0.39 is 14.3 Å². The van der Waals surface area contributed by atoms with E-state index in [-0.39, 0.29) is 42.8 Å². The average Bonchev–Trinajstić information content (AvgIpc) is 2.58. The number of nitrogens with one attached hydrogen (secondary N) is 3. The molecular formula is C17H34F3N3SiZr. The third-order valence-electron chi connectivity index (χ3n) is 0.990. The minimum absolute atomic E-state index is 0. The summed E-state index contributed by atoms with van der Waals surface area (Å²) in [6.07, 6.45) is 0. The first-order valence-corrected chi connectivity index (χ1v) is 9.28. The minimum Gasteiger partial charge on any atom is -0.673 e. The van der Waals surface area contributed by atoms with Crippen molar-refractivity contribution in [3.8, 4) is 0 Å². The monoisotopic (exact) mass is 455 g/mol. The molecule has 3 N–H and O–H groups in total. The van der Waals surface area contributed by atoms with E-state index in [0.29, 0.717) is 0 Å². The van der Waals surface area contributed by atoms with Crippen molar-refractivity contribution in [1.29, 1.82) is 0 Å². The van der Waals surface area contributed by atoms with Crippen molar-refractivity contribution in [2.75, 3.05) is 0 Å². The topological polar surface area (TPSA) is 71.4 Å². The zero-order valence-corrected chi connectivity index (χ0v) is 20.4. The molecule has 0 aromatic heterocycles. The van der Waals surface area contributed by atoms with Crippen molar-refractivity contribution in [1.82, 2.24) is 0 Å². The van der Waals surface area contributed by atoms with E-state index in [4.69, 9.17) is 17.2 Å². The Hall–Kier alpha value is 0.120. The SMILES string of the molecule is CC(C)(C)[NH-].CC(C)(C)[NH-].CC(C)(C)[NH-].F[Si](F)(F)[c-]1cccc1.[Zr+4]. The van der Waals surface area contributed by atoms with Gasteiger partial charge in [0.2, 0.25) is 0 Å². The van der Waals surface area contributed by atoms with Crippen molar-refractivity contribution in [2.24, 2.45) is 0 Å². The first-order valence-electron chi connectivity index (χ1n) is 7.64. The van der Waals surface area contributed by atoms with Crippen molar-refractivity contribution < 1.29 is 38.5 Å². The Morgan fingerprint density at radius 2 is 0.800 bits per heavy atom. The van der Waals surface area contributed by atoms with Gasteiger partial charge in [0.15, 0.2) is 0 Å². The number of hydrogen-bond acceptors (Lipinski definition) is 0. The Morgan fingerprint density at radius 1 is 0.640 bits per heavy atom. The quantitative estimate of drug-likeness (QED) is 0.249. The van der Waals surface area contributed by atoms with Gasteiger partial charge in [-0.15, -0.1) is 16.6 Å². The fourth-order valence-corrected chi connectivity index (χ4v) is 1.13. The van der Waals surface area contributed by atoms with Crippen LogP contribution in [-0.2, 0) is 26.2 Å². The molecule has 0 aliphatic heterocycles. The van der Waals surface area contributed by atoms with Gasteiger partial charge < -0.3 is 17.2 Å². The molecule has 3 nitrogen and oxygen atoms in total. The van der Waals surface area contributed by atoms with E-state index in [1.54, 1.807) is 0 Å². The third kappa shape index (κ3) is 68.6. The smallest absolute Gasteiger partial charge is 0.673 e. The summed E-state index contributed by atoms with van der Waals surface area (Å²) >= 11 is 0. The van der Waals surface area contributed by atoms with Gasteiger partial charge in [0, 0.05) is 0 Å². The maximum Gasteiger partial charge on any atom is 4.00 e. The molecule has 0 spiro atoms. The second kappa shape index (κ2) is 13.3. The molecule has 0 atom stereocenters. The van der Waals surface area contributed by atoms with E-state index in [1.807, 2.05) is 62.3 Å². The third-order valence-corrected chi connectivity index (χ3v) is 1.98. The first kappa shape index (κ1) is 32.8. The van der Waals surface area contributed by atoms with Crippen molar-refractivity contribution in [3.63, 3.8) is 0 Å². The summed E-state index contributed by atoms with van der Waals surface area (Å²) in [4.78, 5) is 0. The summed E-state index contributed by atoms with van der Waals surface area (Å²) < 4.78 is 35.3. The Labute approximate surface area is 172 Å². The van der Waals surface area contributed by atoms with Gasteiger partial charge in [-0.1, -0.05) is 67.5 Å². The maximum absolute atomic E-state index is 11.8. The predicted octanol–water partition coefficient (Wildman–Crippen LogP) is 6.97. The minimum atomic E-state index is -5.48. The summed E-state index contributed by atoms with van der Waals surface area (Å²) in [6.45, 7) is 16.7. The maximum atomic E-state index is 11.8. The molecule has 1 aromatic rings. The van der Waals surface area contributed by atoms with Crippen LogP contribution in [0.1, 0.15) is 62.3 Å². The van der Waals surface area contributed by atoms with E-state index in [2.05, 4.69) is 0 Å². The van der Waals surface area contributed by atoms with Crippen LogP contribution >= 0.6 is 0 Å². The molecule has 0 radical (unpaired) electrons. The van der Waals surface area contributed by atoms with Crippen molar-refractivity contribution >= 4 is 14.3 Å². The second-order valence-electron chi connectivity index (χ2n) is 8.42. The average molecular weight is 457 g/mol. The second-order valence-corrected chi connectivity index (χ2v) is 9.99. The molecule has 0 heterocycles. The Kier molecular flexibility index (Phi) is 17.4. The van der Waals surface area contributed by atoms with E-state index in [0.717, 1.165) is 12.1 Å². The Bertz CT molecular complexity index is 354. The molecule has 0 unspecified atom stereocenters. The zero-order valence-electron chi connectivity index (χ0n) is 16.9. The van der Waals surface area contributed by atoms with Crippen LogP contribution in [0.25, 0.3) is 17.2 Å². The molecule has 0 aliphatic carbocycles. The van der Waals surface area contributed by atoms with E-state index >= 15 is 0 Å². The molecule has 0 amide bonds. The standard InChI is InChI=1S/C5H4F3Si.3C4H10N.Zr/c6-9(7,8)5-3-1-2-4-5;3*1-4(2,3)5;/h1-4H;3*5H,1-3H3;/q4*-1;+4. The van der Waals surface area contributed by atoms with Gasteiger partial charge in [-0.3, -0.25) is 0 Å². The number of rotatable bonds is 1. The van der Waals surface area contributed by atoms with Gasteiger partial charge in [0.1, 0.15) is 0 Å². The van der Waals surface area contributed by atoms with Crippen LogP contribution in [0.4, 0.5) is 12.3 Å². The van der Waals surface area contributed by atoms with Gasteiger partial charge in [0.05, 0.1) is 0 Å². The molecule has 8 heteroatoms. The largest absolute Gasteiger partial charge is 4.00 e. The van der Waals surface area contributed by atoms with E-state index in [9.17, 15) is 12.3 Å². The summed E-state index contributed by atoms with van der Waals surface area (Å²) in [7, 11) is -5.48. The first-order chi connectivity index (χ1) is 10.1. The predicted molar refractivity (Wildman–Crippen MR) is 103 cm³/mol. The molecule has 1 aromatic carbocycles. The fraction of sp³-hybridized carbons (Fsp3) is 0.706. The zero-order chi connectivity index (χ0) is 20.4. The molecular weight excluding hydrogens is 423 g/mol. The molecule has 146 valence electrons. The summed E-state index contributed by atoms with van der Waals surface area (Å²) in [5.74, 6) is 0. The van der Waals surface area contributed by atoms with Gasteiger partial charge >= 0.3 is 35.3 Å². The Morgan fingerprint density at radius 3 is 0.880 bits per heavy atom. The summed E-state index contributed by atoms with van der Waals surface area (Å²) in [6, 6.07) is 5.00. The van der Waals surface area contributed by atoms with Crippen LogP contribution in [-0.4, -0.2) is 25.7 Å². The fourth-order valence-electron chi connectivity index (χ4n) is 0.563. The van der Waals surface area contributed by atoms with Gasteiger partial charge in [-0.25, -0.2) is 24.5 Å². The molecule has 1 rings (SSSR count). The molecule has 0 saturated carbocycles. The van der Waals surface area contributed by atoms with Crippen LogP contribution in [0.15, 0.2) is 24.3 Å². The van der Waals surface area contributed by atoms with Crippen LogP contribution in [0.3, 0.4) is 0 Å². The van der Waals surface area contributed by atoms with Crippen LogP contribution in [0.5, 0.6) is 0 Å². The molecule has 0 fully saturated rings. The van der Waals surface area contributed by atoms with Crippen LogP contribution in [0, 0.1) is 0 Å².